The van der Waals surface area contributed by atoms with Gasteiger partial charge >= 0.3 is 5.97 Å². The minimum absolute atomic E-state index is 0.0205. The number of nitrogens with zero attached hydrogens (tertiary/aromatic N) is 1. The van der Waals surface area contributed by atoms with Crippen molar-refractivity contribution in [2.45, 2.75) is 44.6 Å². The smallest absolute Gasteiger partial charge is 0.336 e. The van der Waals surface area contributed by atoms with Crippen molar-refractivity contribution in [3.63, 3.8) is 0 Å². The van der Waals surface area contributed by atoms with E-state index in [1.807, 2.05) is 0 Å². The van der Waals surface area contributed by atoms with Crippen molar-refractivity contribution in [1.29, 1.82) is 0 Å². The predicted octanol–water partition coefficient (Wildman–Crippen LogP) is 4.45. The average Bonchev–Trinajstić information content (AvgIpc) is 3.10. The third-order valence-corrected chi connectivity index (χ3v) is 5.62. The summed E-state index contributed by atoms with van der Waals surface area (Å²) in [6, 6.07) is 3.52. The van der Waals surface area contributed by atoms with Crippen LogP contribution in [0.25, 0.3) is 0 Å². The fourth-order valence-electron chi connectivity index (χ4n) is 3.85. The van der Waals surface area contributed by atoms with E-state index in [-0.39, 0.29) is 10.0 Å². The minimum atomic E-state index is -1.11. The maximum Gasteiger partial charge on any atom is 0.336 e. The molecule has 0 amide bonds. The van der Waals surface area contributed by atoms with Gasteiger partial charge in [0.25, 0.3) is 0 Å². The maximum atomic E-state index is 14.6. The van der Waals surface area contributed by atoms with Crippen molar-refractivity contribution in [2.24, 2.45) is 5.92 Å². The number of carbonyl (C=O) groups is 1. The van der Waals surface area contributed by atoms with E-state index in [0.717, 1.165) is 19.4 Å². The fraction of sp³-hybridized carbons (Fsp3) is 0.562. The van der Waals surface area contributed by atoms with E-state index in [4.69, 9.17) is 5.11 Å². The number of hydrogen-bond donors (Lipinski definition) is 1. The van der Waals surface area contributed by atoms with Crippen molar-refractivity contribution >= 4 is 27.6 Å². The van der Waals surface area contributed by atoms with Gasteiger partial charge in [0.2, 0.25) is 0 Å². The molecule has 1 heterocycles. The van der Waals surface area contributed by atoms with Crippen LogP contribution in [-0.2, 0) is 0 Å². The van der Waals surface area contributed by atoms with Crippen LogP contribution in [0.1, 0.15) is 48.9 Å². The standard InChI is InChI=1S/C16H19BrFNO2/c17-14-11(16(20)21)7-8-13(15(14)18)19-9-3-6-12(19)10-4-1-2-5-10/h7-8,10,12H,1-6,9H2,(H,20,21). The second-order valence-corrected chi connectivity index (χ2v) is 6.81. The van der Waals surface area contributed by atoms with Gasteiger partial charge < -0.3 is 10.0 Å². The van der Waals surface area contributed by atoms with E-state index in [9.17, 15) is 9.18 Å². The van der Waals surface area contributed by atoms with Crippen molar-refractivity contribution in [3.8, 4) is 0 Å². The zero-order chi connectivity index (χ0) is 15.0. The molecule has 1 aromatic rings. The molecule has 0 aromatic heterocycles. The third-order valence-electron chi connectivity index (χ3n) is 4.84. The molecular weight excluding hydrogens is 337 g/mol. The van der Waals surface area contributed by atoms with E-state index < -0.39 is 11.8 Å². The summed E-state index contributed by atoms with van der Waals surface area (Å²) in [6.07, 6.45) is 7.22. The van der Waals surface area contributed by atoms with Crippen LogP contribution in [0.4, 0.5) is 10.1 Å². The number of hydrogen-bond acceptors (Lipinski definition) is 2. The van der Waals surface area contributed by atoms with Gasteiger partial charge in [-0.05, 0) is 59.7 Å². The summed E-state index contributed by atoms with van der Waals surface area (Å²) in [5.41, 5.74) is 0.522. The zero-order valence-electron chi connectivity index (χ0n) is 11.8. The van der Waals surface area contributed by atoms with Gasteiger partial charge in [0.05, 0.1) is 15.7 Å². The zero-order valence-corrected chi connectivity index (χ0v) is 13.4. The Morgan fingerprint density at radius 3 is 2.62 bits per heavy atom. The van der Waals surface area contributed by atoms with Gasteiger partial charge in [-0.15, -0.1) is 0 Å². The molecule has 21 heavy (non-hydrogen) atoms. The van der Waals surface area contributed by atoms with Crippen molar-refractivity contribution in [3.05, 3.63) is 28.0 Å². The Morgan fingerprint density at radius 2 is 1.95 bits per heavy atom. The van der Waals surface area contributed by atoms with Gasteiger partial charge in [0, 0.05) is 12.6 Å². The lowest BCUT2D eigenvalue weighted by atomic mass is 9.95. The number of benzene rings is 1. The van der Waals surface area contributed by atoms with Gasteiger partial charge in [-0.2, -0.15) is 0 Å². The van der Waals surface area contributed by atoms with E-state index in [1.54, 1.807) is 6.07 Å². The molecule has 2 aliphatic rings. The average molecular weight is 356 g/mol. The highest BCUT2D eigenvalue weighted by atomic mass is 79.9. The van der Waals surface area contributed by atoms with Gasteiger partial charge in [-0.1, -0.05) is 12.8 Å². The topological polar surface area (TPSA) is 40.5 Å². The Morgan fingerprint density at radius 1 is 1.24 bits per heavy atom. The predicted molar refractivity (Wildman–Crippen MR) is 83.4 cm³/mol. The lowest BCUT2D eigenvalue weighted by Crippen LogP contribution is -2.35. The summed E-state index contributed by atoms with van der Waals surface area (Å²) in [6.45, 7) is 0.858. The number of carboxylic acid groups (broad SMARTS) is 1. The fourth-order valence-corrected chi connectivity index (χ4v) is 4.36. The van der Waals surface area contributed by atoms with Crippen LogP contribution in [0.3, 0.4) is 0 Å². The first kappa shape index (κ1) is 14.8. The lowest BCUT2D eigenvalue weighted by molar-refractivity contribution is 0.0695. The SMILES string of the molecule is O=C(O)c1ccc(N2CCCC2C2CCCC2)c(F)c1Br. The minimum Gasteiger partial charge on any atom is -0.478 e. The summed E-state index contributed by atoms with van der Waals surface area (Å²) in [4.78, 5) is 13.2. The first-order valence-electron chi connectivity index (χ1n) is 7.57. The van der Waals surface area contributed by atoms with E-state index >= 15 is 0 Å². The van der Waals surface area contributed by atoms with Crippen LogP contribution in [0, 0.1) is 11.7 Å². The summed E-state index contributed by atoms with van der Waals surface area (Å²) >= 11 is 3.10. The van der Waals surface area contributed by atoms with Gasteiger partial charge in [0.15, 0.2) is 5.82 Å². The van der Waals surface area contributed by atoms with E-state index in [0.29, 0.717) is 17.6 Å². The molecule has 114 valence electrons. The van der Waals surface area contributed by atoms with Crippen LogP contribution < -0.4 is 4.90 Å². The van der Waals surface area contributed by atoms with Crippen molar-refractivity contribution < 1.29 is 14.3 Å². The summed E-state index contributed by atoms with van der Waals surface area (Å²) < 4.78 is 14.6. The molecular formula is C16H19BrFNO2. The molecule has 2 fully saturated rings. The van der Waals surface area contributed by atoms with Crippen LogP contribution in [0.2, 0.25) is 0 Å². The molecule has 3 nitrogen and oxygen atoms in total. The number of halogens is 2. The first-order valence-corrected chi connectivity index (χ1v) is 8.37. The number of carboxylic acids is 1. The highest BCUT2D eigenvalue weighted by Crippen LogP contribution is 2.40. The van der Waals surface area contributed by atoms with E-state index in [1.165, 1.54) is 31.7 Å². The summed E-state index contributed by atoms with van der Waals surface area (Å²) in [5.74, 6) is -0.897. The largest absolute Gasteiger partial charge is 0.478 e. The molecule has 0 spiro atoms. The van der Waals surface area contributed by atoms with Crippen LogP contribution >= 0.6 is 15.9 Å². The second-order valence-electron chi connectivity index (χ2n) is 6.01. The molecule has 1 saturated carbocycles. The Balaban J connectivity index is 1.92. The van der Waals surface area contributed by atoms with Crippen LogP contribution in [0.5, 0.6) is 0 Å². The van der Waals surface area contributed by atoms with Crippen molar-refractivity contribution in [1.82, 2.24) is 0 Å². The van der Waals surface area contributed by atoms with Crippen molar-refractivity contribution in [2.75, 3.05) is 11.4 Å². The molecule has 1 atom stereocenters. The van der Waals surface area contributed by atoms with Gasteiger partial charge in [0.1, 0.15) is 0 Å². The Kier molecular flexibility index (Phi) is 4.20. The molecule has 0 radical (unpaired) electrons. The Bertz CT molecular complexity index is 557. The normalized spacial score (nSPS) is 23.0. The lowest BCUT2D eigenvalue weighted by Gasteiger charge is -2.32. The Hall–Kier alpha value is -1.10. The molecule has 1 saturated heterocycles. The van der Waals surface area contributed by atoms with Gasteiger partial charge in [-0.3, -0.25) is 0 Å². The number of aromatic carboxylic acids is 1. The maximum absolute atomic E-state index is 14.6. The molecule has 5 heteroatoms. The van der Waals surface area contributed by atoms with Crippen LogP contribution in [-0.4, -0.2) is 23.7 Å². The first-order chi connectivity index (χ1) is 10.1. The Labute approximate surface area is 132 Å². The molecule has 1 aliphatic heterocycles. The molecule has 0 bridgehead atoms. The molecule has 1 aromatic carbocycles. The summed E-state index contributed by atoms with van der Waals surface area (Å²) in [5, 5.41) is 9.06. The van der Waals surface area contributed by atoms with Crippen LogP contribution in [0.15, 0.2) is 16.6 Å². The van der Waals surface area contributed by atoms with Gasteiger partial charge in [-0.25, -0.2) is 9.18 Å². The molecule has 1 unspecified atom stereocenters. The molecule has 1 N–H and O–H groups in total. The number of anilines is 1. The highest BCUT2D eigenvalue weighted by molar-refractivity contribution is 9.10. The monoisotopic (exact) mass is 355 g/mol. The molecule has 3 rings (SSSR count). The second kappa shape index (κ2) is 5.95. The molecule has 1 aliphatic carbocycles. The third kappa shape index (κ3) is 2.68. The summed E-state index contributed by atoms with van der Waals surface area (Å²) in [7, 11) is 0. The highest BCUT2D eigenvalue weighted by Gasteiger charge is 2.35. The number of rotatable bonds is 3. The quantitative estimate of drug-likeness (QED) is 0.870. The van der Waals surface area contributed by atoms with E-state index in [2.05, 4.69) is 20.8 Å².